The van der Waals surface area contributed by atoms with Crippen molar-refractivity contribution in [2.75, 3.05) is 6.61 Å². The van der Waals surface area contributed by atoms with Crippen LogP contribution in [0, 0.1) is 5.82 Å². The van der Waals surface area contributed by atoms with Crippen LogP contribution in [0.1, 0.15) is 36.4 Å². The van der Waals surface area contributed by atoms with Gasteiger partial charge in [0, 0.05) is 26.3 Å². The molecule has 0 radical (unpaired) electrons. The standard InChI is InChI=1S/C18H22FN3O2/c1-22-12-13(11-20-22)4-9-17(23)21-18(16-3-2-10-24-16)14-5-7-15(19)8-6-14/h5-8,11-12,16,18H,2-4,9-10H2,1H3,(H,21,23)/t16-,18-/m0/s1. The van der Waals surface area contributed by atoms with Gasteiger partial charge in [-0.2, -0.15) is 5.10 Å². The van der Waals surface area contributed by atoms with E-state index in [-0.39, 0.29) is 23.9 Å². The van der Waals surface area contributed by atoms with Crippen LogP contribution in [0.4, 0.5) is 4.39 Å². The third-order valence-corrected chi connectivity index (χ3v) is 4.28. The maximum atomic E-state index is 13.2. The van der Waals surface area contributed by atoms with Gasteiger partial charge >= 0.3 is 0 Å². The minimum absolute atomic E-state index is 0.0383. The Morgan fingerprint density at radius 3 is 2.88 bits per heavy atom. The largest absolute Gasteiger partial charge is 0.376 e. The molecule has 128 valence electrons. The maximum Gasteiger partial charge on any atom is 0.220 e. The van der Waals surface area contributed by atoms with Crippen LogP contribution in [0.5, 0.6) is 0 Å². The van der Waals surface area contributed by atoms with Gasteiger partial charge in [-0.05, 0) is 42.5 Å². The van der Waals surface area contributed by atoms with E-state index in [9.17, 15) is 9.18 Å². The first-order chi connectivity index (χ1) is 11.6. The highest BCUT2D eigenvalue weighted by atomic mass is 19.1. The second kappa shape index (κ2) is 7.57. The van der Waals surface area contributed by atoms with Crippen molar-refractivity contribution in [1.29, 1.82) is 0 Å². The molecule has 0 aliphatic carbocycles. The van der Waals surface area contributed by atoms with E-state index in [0.717, 1.165) is 24.0 Å². The smallest absolute Gasteiger partial charge is 0.220 e. The van der Waals surface area contributed by atoms with Crippen LogP contribution < -0.4 is 5.32 Å². The zero-order valence-electron chi connectivity index (χ0n) is 13.7. The molecule has 2 atom stereocenters. The first-order valence-corrected chi connectivity index (χ1v) is 8.26. The Balaban J connectivity index is 1.64. The highest BCUT2D eigenvalue weighted by molar-refractivity contribution is 5.76. The number of hydrogen-bond acceptors (Lipinski definition) is 3. The van der Waals surface area contributed by atoms with E-state index in [0.29, 0.717) is 19.4 Å². The molecule has 1 aromatic heterocycles. The van der Waals surface area contributed by atoms with Crippen LogP contribution in [0.2, 0.25) is 0 Å². The SMILES string of the molecule is Cn1cc(CCC(=O)N[C@@H](c2ccc(F)cc2)[C@@H]2CCCO2)cn1. The lowest BCUT2D eigenvalue weighted by Gasteiger charge is -2.24. The monoisotopic (exact) mass is 331 g/mol. The molecule has 0 spiro atoms. The summed E-state index contributed by atoms with van der Waals surface area (Å²) in [6, 6.07) is 6.01. The fraction of sp³-hybridized carbons (Fsp3) is 0.444. The second-order valence-corrected chi connectivity index (χ2v) is 6.17. The second-order valence-electron chi connectivity index (χ2n) is 6.17. The molecule has 1 amide bonds. The normalized spacial score (nSPS) is 18.5. The molecule has 1 aliphatic heterocycles. The number of aromatic nitrogens is 2. The van der Waals surface area contributed by atoms with E-state index >= 15 is 0 Å². The van der Waals surface area contributed by atoms with E-state index < -0.39 is 0 Å². The van der Waals surface area contributed by atoms with Crippen molar-refractivity contribution in [3.05, 3.63) is 53.6 Å². The summed E-state index contributed by atoms with van der Waals surface area (Å²) in [6.45, 7) is 0.702. The molecule has 0 bridgehead atoms. The molecule has 2 heterocycles. The number of rotatable bonds is 6. The topological polar surface area (TPSA) is 56.2 Å². The van der Waals surface area contributed by atoms with Crippen LogP contribution in [0.3, 0.4) is 0 Å². The van der Waals surface area contributed by atoms with Gasteiger partial charge in [0.05, 0.1) is 18.3 Å². The van der Waals surface area contributed by atoms with Crippen LogP contribution in [0.15, 0.2) is 36.7 Å². The summed E-state index contributed by atoms with van der Waals surface area (Å²) in [5.74, 6) is -0.323. The summed E-state index contributed by atoms with van der Waals surface area (Å²) >= 11 is 0. The van der Waals surface area contributed by atoms with Crippen LogP contribution in [0.25, 0.3) is 0 Å². The third kappa shape index (κ3) is 4.20. The van der Waals surface area contributed by atoms with Gasteiger partial charge in [0.1, 0.15) is 5.82 Å². The third-order valence-electron chi connectivity index (χ3n) is 4.28. The lowest BCUT2D eigenvalue weighted by atomic mass is 9.99. The molecule has 1 saturated heterocycles. The Morgan fingerprint density at radius 1 is 1.46 bits per heavy atom. The van der Waals surface area contributed by atoms with Gasteiger partial charge in [0.25, 0.3) is 0 Å². The van der Waals surface area contributed by atoms with Gasteiger partial charge in [-0.1, -0.05) is 12.1 Å². The summed E-state index contributed by atoms with van der Waals surface area (Å²) in [5, 5.41) is 7.16. The lowest BCUT2D eigenvalue weighted by molar-refractivity contribution is -0.122. The quantitative estimate of drug-likeness (QED) is 0.885. The summed E-state index contributed by atoms with van der Waals surface area (Å²) in [7, 11) is 1.85. The number of carbonyl (C=O) groups is 1. The number of nitrogens with one attached hydrogen (secondary N) is 1. The van der Waals surface area contributed by atoms with Crippen molar-refractivity contribution in [1.82, 2.24) is 15.1 Å². The van der Waals surface area contributed by atoms with Crippen molar-refractivity contribution in [2.45, 2.75) is 37.8 Å². The van der Waals surface area contributed by atoms with Gasteiger partial charge < -0.3 is 10.1 Å². The van der Waals surface area contributed by atoms with E-state index in [1.807, 2.05) is 13.2 Å². The summed E-state index contributed by atoms with van der Waals surface area (Å²) in [4.78, 5) is 12.4. The Labute approximate surface area is 140 Å². The number of benzene rings is 1. The Hall–Kier alpha value is -2.21. The van der Waals surface area contributed by atoms with Crippen molar-refractivity contribution in [3.63, 3.8) is 0 Å². The minimum atomic E-state index is -0.284. The molecule has 1 N–H and O–H groups in total. The number of aryl methyl sites for hydroxylation is 2. The molecule has 1 aliphatic rings. The minimum Gasteiger partial charge on any atom is -0.376 e. The van der Waals surface area contributed by atoms with Crippen LogP contribution >= 0.6 is 0 Å². The van der Waals surface area contributed by atoms with E-state index in [4.69, 9.17) is 4.74 Å². The average Bonchev–Trinajstić information content (AvgIpc) is 3.23. The van der Waals surface area contributed by atoms with Crippen molar-refractivity contribution < 1.29 is 13.9 Å². The Kier molecular flexibility index (Phi) is 5.25. The highest BCUT2D eigenvalue weighted by Crippen LogP contribution is 2.27. The van der Waals surface area contributed by atoms with Crippen LogP contribution in [-0.2, 0) is 23.0 Å². The lowest BCUT2D eigenvalue weighted by Crippen LogP contribution is -2.36. The van der Waals surface area contributed by atoms with E-state index in [1.54, 1.807) is 23.0 Å². The molecule has 1 aromatic carbocycles. The molecule has 2 aromatic rings. The van der Waals surface area contributed by atoms with Gasteiger partial charge in [0.2, 0.25) is 5.91 Å². The molecular weight excluding hydrogens is 309 g/mol. The zero-order chi connectivity index (χ0) is 16.9. The fourth-order valence-corrected chi connectivity index (χ4v) is 3.03. The van der Waals surface area contributed by atoms with Gasteiger partial charge in [-0.3, -0.25) is 9.48 Å². The number of hydrogen-bond donors (Lipinski definition) is 1. The number of halogens is 1. The van der Waals surface area contributed by atoms with Crippen LogP contribution in [-0.4, -0.2) is 28.4 Å². The number of amides is 1. The van der Waals surface area contributed by atoms with Gasteiger partial charge in [0.15, 0.2) is 0 Å². The number of carbonyl (C=O) groups excluding carboxylic acids is 1. The van der Waals surface area contributed by atoms with Gasteiger partial charge in [-0.15, -0.1) is 0 Å². The molecule has 6 heteroatoms. The van der Waals surface area contributed by atoms with Crippen molar-refractivity contribution in [2.24, 2.45) is 7.05 Å². The molecule has 3 rings (SSSR count). The zero-order valence-corrected chi connectivity index (χ0v) is 13.7. The summed E-state index contributed by atoms with van der Waals surface area (Å²) in [5.41, 5.74) is 1.90. The van der Waals surface area contributed by atoms with E-state index in [1.165, 1.54) is 12.1 Å². The molecule has 0 unspecified atom stereocenters. The average molecular weight is 331 g/mol. The molecule has 24 heavy (non-hydrogen) atoms. The Bertz CT molecular complexity index is 678. The summed E-state index contributed by atoms with van der Waals surface area (Å²) < 4.78 is 20.6. The fourth-order valence-electron chi connectivity index (χ4n) is 3.03. The summed E-state index contributed by atoms with van der Waals surface area (Å²) in [6.07, 6.45) is 6.52. The maximum absolute atomic E-state index is 13.2. The predicted molar refractivity (Wildman–Crippen MR) is 87.8 cm³/mol. The van der Waals surface area contributed by atoms with Crippen molar-refractivity contribution in [3.8, 4) is 0 Å². The molecule has 1 fully saturated rings. The number of nitrogens with zero attached hydrogens (tertiary/aromatic N) is 2. The molecule has 5 nitrogen and oxygen atoms in total. The predicted octanol–water partition coefficient (Wildman–Crippen LogP) is 2.53. The Morgan fingerprint density at radius 2 is 2.25 bits per heavy atom. The molecule has 0 saturated carbocycles. The first kappa shape index (κ1) is 16.6. The van der Waals surface area contributed by atoms with Crippen molar-refractivity contribution >= 4 is 5.91 Å². The van der Waals surface area contributed by atoms with E-state index in [2.05, 4.69) is 10.4 Å². The number of ether oxygens (including phenoxy) is 1. The molecular formula is C18H22FN3O2. The first-order valence-electron chi connectivity index (χ1n) is 8.26. The highest BCUT2D eigenvalue weighted by Gasteiger charge is 2.28. The van der Waals surface area contributed by atoms with Gasteiger partial charge in [-0.25, -0.2) is 4.39 Å².